The number of benzene rings is 1. The average molecular weight is 556 g/mol. The van der Waals surface area contributed by atoms with Gasteiger partial charge in [0.1, 0.15) is 30.5 Å². The van der Waals surface area contributed by atoms with E-state index in [2.05, 4.69) is 63.0 Å². The highest BCUT2D eigenvalue weighted by molar-refractivity contribution is 5.30. The van der Waals surface area contributed by atoms with E-state index < -0.39 is 0 Å². The third-order valence-corrected chi connectivity index (χ3v) is 7.37. The summed E-state index contributed by atoms with van der Waals surface area (Å²) in [6.45, 7) is 12.0. The Kier molecular flexibility index (Phi) is 15.8. The third kappa shape index (κ3) is 10.5. The highest BCUT2D eigenvalue weighted by Crippen LogP contribution is 2.38. The Labute approximate surface area is 243 Å². The van der Waals surface area contributed by atoms with E-state index in [-0.39, 0.29) is 30.5 Å². The van der Waals surface area contributed by atoms with Crippen LogP contribution < -0.4 is 0 Å². The Morgan fingerprint density at radius 3 is 2.00 bits per heavy atom. The van der Waals surface area contributed by atoms with Gasteiger partial charge in [0.15, 0.2) is 0 Å². The van der Waals surface area contributed by atoms with Gasteiger partial charge in [-0.25, -0.2) is 0 Å². The van der Waals surface area contributed by atoms with Crippen LogP contribution >= 0.6 is 0 Å². The molecule has 2 heterocycles. The Morgan fingerprint density at radius 2 is 1.35 bits per heavy atom. The monoisotopic (exact) mass is 555 g/mol. The predicted molar refractivity (Wildman–Crippen MR) is 161 cm³/mol. The van der Waals surface area contributed by atoms with Crippen LogP contribution in [0, 0.1) is 0 Å². The van der Waals surface area contributed by atoms with Gasteiger partial charge in [0.2, 0.25) is 0 Å². The maximum atomic E-state index is 6.91. The Bertz CT molecular complexity index is 910. The number of hydrogen-bond acceptors (Lipinski definition) is 6. The molecule has 0 bridgehead atoms. The third-order valence-electron chi connectivity index (χ3n) is 7.37. The van der Waals surface area contributed by atoms with Crippen LogP contribution in [-0.2, 0) is 30.1 Å². The van der Waals surface area contributed by atoms with Crippen molar-refractivity contribution in [1.29, 1.82) is 0 Å². The fraction of sp³-hybridized carbons (Fsp3) is 0.676. The molecule has 0 N–H and O–H groups in total. The number of nitrogens with zero attached hydrogens (tertiary/aromatic N) is 1. The summed E-state index contributed by atoms with van der Waals surface area (Å²) in [6.07, 6.45) is 9.71. The molecule has 1 saturated heterocycles. The van der Waals surface area contributed by atoms with E-state index in [9.17, 15) is 0 Å². The van der Waals surface area contributed by atoms with Crippen LogP contribution in [0.5, 0.6) is 0 Å². The molecule has 1 aromatic heterocycles. The lowest BCUT2D eigenvalue weighted by Crippen LogP contribution is -2.58. The van der Waals surface area contributed by atoms with Crippen molar-refractivity contribution in [3.05, 3.63) is 65.5 Å². The molecule has 5 atom stereocenters. The summed E-state index contributed by atoms with van der Waals surface area (Å²) < 4.78 is 32.9. The lowest BCUT2D eigenvalue weighted by atomic mass is 9.89. The van der Waals surface area contributed by atoms with Crippen molar-refractivity contribution in [3.8, 4) is 0 Å². The summed E-state index contributed by atoms with van der Waals surface area (Å²) in [6, 6.07) is 14.7. The molecule has 0 saturated carbocycles. The number of aromatic nitrogens is 1. The van der Waals surface area contributed by atoms with Crippen LogP contribution in [0.3, 0.4) is 0 Å². The second-order valence-corrected chi connectivity index (χ2v) is 10.8. The standard InChI is InChI=1S/C34H53NO5/c1-5-9-20-36-26-30-32(37-21-10-6-2)34(39-23-12-8-4)33(38-22-11-7-3)31(40-30)28-17-15-16-27(24-28)25-29-18-13-14-19-35-29/h13-19,24,30-34H,5-12,20-23,25-26H2,1-4H3/t30-,31+,32-,33+,34+/m1/s1. The first kappa shape index (κ1) is 32.7. The van der Waals surface area contributed by atoms with E-state index in [1.165, 1.54) is 5.56 Å². The van der Waals surface area contributed by atoms with Gasteiger partial charge in [-0.1, -0.05) is 83.7 Å². The van der Waals surface area contributed by atoms with E-state index in [0.717, 1.165) is 75.7 Å². The van der Waals surface area contributed by atoms with Gasteiger partial charge < -0.3 is 23.7 Å². The number of unbranched alkanes of at least 4 members (excludes halogenated alkanes) is 4. The molecule has 2 aromatic rings. The van der Waals surface area contributed by atoms with Crippen LogP contribution in [0.15, 0.2) is 48.7 Å². The molecule has 1 aromatic carbocycles. The molecule has 1 aliphatic rings. The molecule has 6 heteroatoms. The van der Waals surface area contributed by atoms with Gasteiger partial charge in [-0.3, -0.25) is 4.98 Å². The second-order valence-electron chi connectivity index (χ2n) is 10.8. The van der Waals surface area contributed by atoms with Crippen LogP contribution in [0.2, 0.25) is 0 Å². The maximum Gasteiger partial charge on any atom is 0.117 e. The molecular formula is C34H53NO5. The number of rotatable bonds is 20. The zero-order chi connectivity index (χ0) is 28.4. The van der Waals surface area contributed by atoms with Crippen molar-refractivity contribution in [2.75, 3.05) is 33.0 Å². The maximum absolute atomic E-state index is 6.91. The van der Waals surface area contributed by atoms with Gasteiger partial charge in [0.25, 0.3) is 0 Å². The molecule has 0 amide bonds. The summed E-state index contributed by atoms with van der Waals surface area (Å²) >= 11 is 0. The average Bonchev–Trinajstić information content (AvgIpc) is 2.98. The molecule has 0 unspecified atom stereocenters. The quantitative estimate of drug-likeness (QED) is 0.158. The van der Waals surface area contributed by atoms with Gasteiger partial charge in [0.05, 0.1) is 6.61 Å². The summed E-state index contributed by atoms with van der Waals surface area (Å²) in [7, 11) is 0. The molecule has 6 nitrogen and oxygen atoms in total. The van der Waals surface area contributed by atoms with Gasteiger partial charge >= 0.3 is 0 Å². The lowest BCUT2D eigenvalue weighted by molar-refractivity contribution is -0.268. The van der Waals surface area contributed by atoms with Gasteiger partial charge in [0, 0.05) is 44.7 Å². The second kappa shape index (κ2) is 19.3. The molecule has 224 valence electrons. The van der Waals surface area contributed by atoms with E-state index in [0.29, 0.717) is 26.4 Å². The van der Waals surface area contributed by atoms with Crippen molar-refractivity contribution >= 4 is 0 Å². The minimum atomic E-state index is -0.280. The molecule has 0 aliphatic carbocycles. The van der Waals surface area contributed by atoms with Crippen LogP contribution in [0.1, 0.15) is 102 Å². The lowest BCUT2D eigenvalue weighted by Gasteiger charge is -2.46. The highest BCUT2D eigenvalue weighted by atomic mass is 16.6. The minimum Gasteiger partial charge on any atom is -0.379 e. The largest absolute Gasteiger partial charge is 0.379 e. The summed E-state index contributed by atoms with van der Waals surface area (Å²) in [4.78, 5) is 4.53. The van der Waals surface area contributed by atoms with Crippen molar-refractivity contribution in [2.45, 2.75) is 116 Å². The zero-order valence-electron chi connectivity index (χ0n) is 25.4. The van der Waals surface area contributed by atoms with Gasteiger partial charge in [-0.15, -0.1) is 0 Å². The SMILES string of the molecule is CCCCOC[C@H]1O[C@@H](c2cccc(Cc3ccccn3)c2)[C@H](OCCCC)[C@@H](OCCCC)[C@@H]1OCCCC. The molecule has 1 aliphatic heterocycles. The molecule has 0 spiro atoms. The van der Waals surface area contributed by atoms with E-state index in [4.69, 9.17) is 23.7 Å². The number of ether oxygens (including phenoxy) is 5. The molecular weight excluding hydrogens is 502 g/mol. The summed E-state index contributed by atoms with van der Waals surface area (Å²) in [5.41, 5.74) is 3.35. The fourth-order valence-corrected chi connectivity index (χ4v) is 5.02. The topological polar surface area (TPSA) is 59.0 Å². The number of pyridine rings is 1. The Hall–Kier alpha value is -1.83. The van der Waals surface area contributed by atoms with Gasteiger partial charge in [-0.2, -0.15) is 0 Å². The van der Waals surface area contributed by atoms with Crippen molar-refractivity contribution < 1.29 is 23.7 Å². The first-order valence-electron chi connectivity index (χ1n) is 15.8. The molecule has 1 fully saturated rings. The predicted octanol–water partition coefficient (Wildman–Crippen LogP) is 7.48. The summed E-state index contributed by atoms with van der Waals surface area (Å²) in [5, 5.41) is 0. The molecule has 40 heavy (non-hydrogen) atoms. The smallest absolute Gasteiger partial charge is 0.117 e. The van der Waals surface area contributed by atoms with E-state index in [1.807, 2.05) is 18.3 Å². The Morgan fingerprint density at radius 1 is 0.700 bits per heavy atom. The van der Waals surface area contributed by atoms with E-state index in [1.54, 1.807) is 0 Å². The minimum absolute atomic E-state index is 0.238. The highest BCUT2D eigenvalue weighted by Gasteiger charge is 2.48. The van der Waals surface area contributed by atoms with Crippen LogP contribution in [0.25, 0.3) is 0 Å². The van der Waals surface area contributed by atoms with Crippen molar-refractivity contribution in [1.82, 2.24) is 4.98 Å². The fourth-order valence-electron chi connectivity index (χ4n) is 5.02. The molecule has 0 radical (unpaired) electrons. The normalized spacial score (nSPS) is 22.9. The first-order chi connectivity index (χ1) is 19.7. The zero-order valence-corrected chi connectivity index (χ0v) is 25.4. The van der Waals surface area contributed by atoms with Crippen LogP contribution in [0.4, 0.5) is 0 Å². The van der Waals surface area contributed by atoms with Gasteiger partial charge in [-0.05, 0) is 48.9 Å². The van der Waals surface area contributed by atoms with E-state index >= 15 is 0 Å². The van der Waals surface area contributed by atoms with Crippen LogP contribution in [-0.4, -0.2) is 62.4 Å². The number of hydrogen-bond donors (Lipinski definition) is 0. The Balaban J connectivity index is 1.93. The first-order valence-corrected chi connectivity index (χ1v) is 15.8. The molecule has 3 rings (SSSR count). The van der Waals surface area contributed by atoms with Crippen molar-refractivity contribution in [3.63, 3.8) is 0 Å². The summed E-state index contributed by atoms with van der Waals surface area (Å²) in [5.74, 6) is 0. The van der Waals surface area contributed by atoms with Crippen molar-refractivity contribution in [2.24, 2.45) is 0 Å².